The Bertz CT molecular complexity index is 696. The number of hydrogen-bond donors (Lipinski definition) is 5. The number of carboxylic acid groups (broad SMARTS) is 1. The lowest BCUT2D eigenvalue weighted by atomic mass is 10.0. The summed E-state index contributed by atoms with van der Waals surface area (Å²) in [5.74, 6) is -1.71. The normalized spacial score (nSPS) is 13.3. The molecule has 9 nitrogen and oxygen atoms in total. The van der Waals surface area contributed by atoms with E-state index in [1.165, 1.54) is 24.3 Å². The largest absolute Gasteiger partial charge is 0.480 e. The van der Waals surface area contributed by atoms with Crippen LogP contribution in [0.2, 0.25) is 0 Å². The predicted octanol–water partition coefficient (Wildman–Crippen LogP) is -0.566. The molecule has 0 unspecified atom stereocenters. The molecule has 0 aliphatic rings. The Kier molecular flexibility index (Phi) is 10.7. The van der Waals surface area contributed by atoms with E-state index in [0.717, 1.165) is 6.26 Å². The summed E-state index contributed by atoms with van der Waals surface area (Å²) in [5.41, 5.74) is 4.91. The molecule has 0 radical (unpaired) electrons. The first kappa shape index (κ1) is 24.6. The van der Waals surface area contributed by atoms with Gasteiger partial charge in [0.25, 0.3) is 5.91 Å². The number of halogens is 2. The van der Waals surface area contributed by atoms with Crippen molar-refractivity contribution in [2.75, 3.05) is 19.4 Å². The van der Waals surface area contributed by atoms with Gasteiger partial charge in [0.05, 0.1) is 24.1 Å². The van der Waals surface area contributed by atoms with Gasteiger partial charge in [-0.2, -0.15) is 0 Å². The number of aliphatic carboxylic acids is 1. The fourth-order valence-corrected chi connectivity index (χ4v) is 2.37. The second kappa shape index (κ2) is 11.3. The molecular weight excluding hydrogens is 411 g/mol. The number of benzene rings is 1. The molecule has 1 aromatic rings. The lowest BCUT2D eigenvalue weighted by molar-refractivity contribution is -0.135. The van der Waals surface area contributed by atoms with Crippen LogP contribution in [-0.2, 0) is 19.4 Å². The van der Waals surface area contributed by atoms with E-state index in [0.29, 0.717) is 5.56 Å². The maximum absolute atomic E-state index is 11.4. The van der Waals surface area contributed by atoms with Crippen molar-refractivity contribution in [3.8, 4) is 0 Å². The first-order chi connectivity index (χ1) is 11.9. The Morgan fingerprint density at radius 1 is 1.23 bits per heavy atom. The summed E-state index contributed by atoms with van der Waals surface area (Å²) in [7, 11) is -3.34. The third-order valence-corrected chi connectivity index (χ3v) is 4.45. The van der Waals surface area contributed by atoms with E-state index in [1.54, 1.807) is 0 Å². The fraction of sp³-hybridized carbons (Fsp3) is 0.429. The Morgan fingerprint density at radius 2 is 1.69 bits per heavy atom. The van der Waals surface area contributed by atoms with Gasteiger partial charge in [0.1, 0.15) is 6.10 Å². The van der Waals surface area contributed by atoms with E-state index in [9.17, 15) is 28.2 Å². The van der Waals surface area contributed by atoms with Gasteiger partial charge in [-0.15, -0.1) is 0 Å². The molecule has 1 amide bonds. The molecule has 148 valence electrons. The van der Waals surface area contributed by atoms with Crippen molar-refractivity contribution in [2.24, 2.45) is 5.73 Å². The number of aliphatic hydroxyl groups excluding tert-OH is 2. The summed E-state index contributed by atoms with van der Waals surface area (Å²) in [6.45, 7) is -0.818. The SMILES string of the molecule is CS(=O)(=O)c1ccc([C@@H](O)[C@@H](CO)NC(=O)C(Cl)Cl)cc1.NCC(=O)O. The van der Waals surface area contributed by atoms with Crippen molar-refractivity contribution in [3.63, 3.8) is 0 Å². The van der Waals surface area contributed by atoms with Gasteiger partial charge in [-0.05, 0) is 17.7 Å². The van der Waals surface area contributed by atoms with Gasteiger partial charge >= 0.3 is 5.97 Å². The molecule has 0 aliphatic carbocycles. The number of hydrogen-bond acceptors (Lipinski definition) is 7. The number of nitrogens with two attached hydrogens (primary N) is 1. The lowest BCUT2D eigenvalue weighted by Gasteiger charge is -2.23. The van der Waals surface area contributed by atoms with Crippen molar-refractivity contribution in [3.05, 3.63) is 29.8 Å². The standard InChI is InChI=1S/C12H15Cl2NO5S.C2H5NO2/c1-21(19,20)8-4-2-7(3-5-8)10(17)9(6-16)15-12(18)11(13)14;3-1-2(4)5/h2-5,9-11,16-17H,6H2,1H3,(H,15,18);1,3H2,(H,4,5)/t9-,10-;/m1./s1. The molecule has 0 aliphatic heterocycles. The summed E-state index contributed by atoms with van der Waals surface area (Å²) >= 11 is 10.7. The second-order valence-corrected chi connectivity index (χ2v) is 8.09. The maximum Gasteiger partial charge on any atom is 0.317 e. The molecule has 0 spiro atoms. The molecule has 26 heavy (non-hydrogen) atoms. The first-order valence-electron chi connectivity index (χ1n) is 7.03. The van der Waals surface area contributed by atoms with Gasteiger partial charge in [0.15, 0.2) is 14.7 Å². The molecule has 0 saturated carbocycles. The highest BCUT2D eigenvalue weighted by Gasteiger charge is 2.24. The van der Waals surface area contributed by atoms with Gasteiger partial charge in [-0.1, -0.05) is 35.3 Å². The zero-order valence-corrected chi connectivity index (χ0v) is 16.0. The number of sulfone groups is 1. The smallest absolute Gasteiger partial charge is 0.317 e. The molecule has 0 saturated heterocycles. The molecular formula is C14H20Cl2N2O7S. The quantitative estimate of drug-likeness (QED) is 0.358. The molecule has 0 aromatic heterocycles. The predicted molar refractivity (Wildman–Crippen MR) is 95.7 cm³/mol. The number of rotatable bonds is 7. The van der Waals surface area contributed by atoms with Crippen molar-refractivity contribution in [1.82, 2.24) is 5.32 Å². The number of amides is 1. The molecule has 2 atom stereocenters. The van der Waals surface area contributed by atoms with Gasteiger partial charge in [0, 0.05) is 6.26 Å². The summed E-state index contributed by atoms with van der Waals surface area (Å²) in [6, 6.07) is 4.44. The van der Waals surface area contributed by atoms with E-state index in [2.05, 4.69) is 11.1 Å². The Balaban J connectivity index is 0.00000110. The third-order valence-electron chi connectivity index (χ3n) is 2.93. The minimum absolute atomic E-state index is 0.101. The highest BCUT2D eigenvalue weighted by molar-refractivity contribution is 7.90. The summed E-state index contributed by atoms with van der Waals surface area (Å²) in [5, 5.41) is 29.2. The molecule has 1 rings (SSSR count). The highest BCUT2D eigenvalue weighted by atomic mass is 35.5. The van der Waals surface area contributed by atoms with Gasteiger partial charge < -0.3 is 26.4 Å². The second-order valence-electron chi connectivity index (χ2n) is 4.98. The van der Waals surface area contributed by atoms with Gasteiger partial charge in [0.2, 0.25) is 0 Å². The van der Waals surface area contributed by atoms with E-state index >= 15 is 0 Å². The van der Waals surface area contributed by atoms with E-state index in [1.807, 2.05) is 0 Å². The third kappa shape index (κ3) is 8.79. The number of nitrogens with one attached hydrogen (secondary N) is 1. The number of carbonyl (C=O) groups excluding carboxylic acids is 1. The van der Waals surface area contributed by atoms with Crippen LogP contribution in [0.3, 0.4) is 0 Å². The first-order valence-corrected chi connectivity index (χ1v) is 9.79. The van der Waals surface area contributed by atoms with Crippen LogP contribution in [0.25, 0.3) is 0 Å². The monoisotopic (exact) mass is 430 g/mol. The topological polar surface area (TPSA) is 167 Å². The average molecular weight is 431 g/mol. The average Bonchev–Trinajstić information content (AvgIpc) is 2.58. The number of aliphatic hydroxyl groups is 2. The summed E-state index contributed by atoms with van der Waals surface area (Å²) in [4.78, 5) is 19.4. The van der Waals surface area contributed by atoms with Crippen LogP contribution in [0.5, 0.6) is 0 Å². The molecule has 0 bridgehead atoms. The van der Waals surface area contributed by atoms with Crippen LogP contribution in [0, 0.1) is 0 Å². The molecule has 1 aromatic carbocycles. The van der Waals surface area contributed by atoms with Crippen LogP contribution < -0.4 is 11.1 Å². The van der Waals surface area contributed by atoms with Crippen molar-refractivity contribution in [2.45, 2.75) is 21.9 Å². The highest BCUT2D eigenvalue weighted by Crippen LogP contribution is 2.20. The number of carboxylic acids is 1. The molecule has 0 fully saturated rings. The van der Waals surface area contributed by atoms with Crippen LogP contribution in [0.4, 0.5) is 0 Å². The Morgan fingerprint density at radius 3 is 2.00 bits per heavy atom. The number of alkyl halides is 2. The van der Waals surface area contributed by atoms with Crippen molar-refractivity contribution >= 4 is 44.9 Å². The van der Waals surface area contributed by atoms with Gasteiger partial charge in [-0.25, -0.2) is 8.42 Å². The zero-order chi connectivity index (χ0) is 20.5. The van der Waals surface area contributed by atoms with Crippen LogP contribution in [0.1, 0.15) is 11.7 Å². The van der Waals surface area contributed by atoms with Crippen LogP contribution >= 0.6 is 23.2 Å². The summed E-state index contributed by atoms with van der Waals surface area (Å²) in [6.07, 6.45) is -0.171. The fourth-order valence-electron chi connectivity index (χ4n) is 1.61. The van der Waals surface area contributed by atoms with E-state index in [4.69, 9.17) is 28.3 Å². The molecule has 0 heterocycles. The minimum atomic E-state index is -3.34. The van der Waals surface area contributed by atoms with Crippen LogP contribution in [0.15, 0.2) is 29.2 Å². The molecule has 6 N–H and O–H groups in total. The lowest BCUT2D eigenvalue weighted by Crippen LogP contribution is -2.44. The molecule has 12 heteroatoms. The van der Waals surface area contributed by atoms with Crippen LogP contribution in [-0.4, -0.2) is 65.9 Å². The van der Waals surface area contributed by atoms with Gasteiger partial charge in [-0.3, -0.25) is 9.59 Å². The number of carbonyl (C=O) groups is 2. The Hall–Kier alpha value is -1.43. The maximum atomic E-state index is 11.4. The van der Waals surface area contributed by atoms with E-state index in [-0.39, 0.29) is 11.4 Å². The van der Waals surface area contributed by atoms with Crippen molar-refractivity contribution in [1.29, 1.82) is 0 Å². The Labute approximate surface area is 160 Å². The van der Waals surface area contributed by atoms with Crippen molar-refractivity contribution < 1.29 is 33.3 Å². The summed E-state index contributed by atoms with van der Waals surface area (Å²) < 4.78 is 22.7. The zero-order valence-electron chi connectivity index (χ0n) is 13.7. The van der Waals surface area contributed by atoms with E-state index < -0.39 is 45.3 Å². The minimum Gasteiger partial charge on any atom is -0.480 e.